The van der Waals surface area contributed by atoms with Gasteiger partial charge in [-0.2, -0.15) is 5.10 Å². The number of aromatic nitrogens is 2. The lowest BCUT2D eigenvalue weighted by Crippen LogP contribution is -2.38. The molecule has 0 aliphatic heterocycles. The van der Waals surface area contributed by atoms with Gasteiger partial charge in [0.05, 0.1) is 25.0 Å². The van der Waals surface area contributed by atoms with Crippen LogP contribution < -0.4 is 14.8 Å². The number of methoxy groups -OCH3 is 1. The average molecular weight is 366 g/mol. The van der Waals surface area contributed by atoms with Gasteiger partial charge in [-0.15, -0.1) is 0 Å². The summed E-state index contributed by atoms with van der Waals surface area (Å²) in [7, 11) is -2.20. The standard InChI is InChI=1S/C16H22N4O4S/c1-11-16(12(2)20-19-11)25(22,23)18-10-15(21)17-9-8-13-6-4-5-7-14(13)24-3/h4-7,18H,8-10H2,1-3H3,(H,17,21)(H,19,20). The number of hydrogen-bond donors (Lipinski definition) is 3. The first-order valence-corrected chi connectivity index (χ1v) is 9.23. The first kappa shape index (κ1) is 18.9. The summed E-state index contributed by atoms with van der Waals surface area (Å²) in [5.41, 5.74) is 1.76. The van der Waals surface area contributed by atoms with Crippen LogP contribution in [0.2, 0.25) is 0 Å². The fraction of sp³-hybridized carbons (Fsp3) is 0.375. The van der Waals surface area contributed by atoms with E-state index in [-0.39, 0.29) is 11.4 Å². The molecule has 0 fully saturated rings. The molecule has 2 rings (SSSR count). The number of sulfonamides is 1. The number of aryl methyl sites for hydroxylation is 2. The summed E-state index contributed by atoms with van der Waals surface area (Å²) in [4.78, 5) is 12.0. The molecule has 9 heteroatoms. The third-order valence-corrected chi connectivity index (χ3v) is 5.32. The Labute approximate surface area is 147 Å². The molecular formula is C16H22N4O4S. The van der Waals surface area contributed by atoms with Gasteiger partial charge in [0.2, 0.25) is 15.9 Å². The van der Waals surface area contributed by atoms with Crippen LogP contribution in [0.1, 0.15) is 17.0 Å². The Hall–Kier alpha value is -2.39. The van der Waals surface area contributed by atoms with E-state index < -0.39 is 15.9 Å². The van der Waals surface area contributed by atoms with Crippen molar-refractivity contribution < 1.29 is 17.9 Å². The van der Waals surface area contributed by atoms with Gasteiger partial charge in [-0.05, 0) is 31.9 Å². The van der Waals surface area contributed by atoms with Crippen molar-refractivity contribution in [1.82, 2.24) is 20.2 Å². The number of ether oxygens (including phenoxy) is 1. The number of carbonyl (C=O) groups excluding carboxylic acids is 1. The van der Waals surface area contributed by atoms with Gasteiger partial charge in [-0.25, -0.2) is 13.1 Å². The molecule has 1 aromatic carbocycles. The molecule has 25 heavy (non-hydrogen) atoms. The molecule has 0 saturated heterocycles. The maximum absolute atomic E-state index is 12.3. The van der Waals surface area contributed by atoms with Crippen molar-refractivity contribution >= 4 is 15.9 Å². The van der Waals surface area contributed by atoms with Gasteiger partial charge in [0.25, 0.3) is 0 Å². The lowest BCUT2D eigenvalue weighted by Gasteiger charge is -2.10. The summed E-state index contributed by atoms with van der Waals surface area (Å²) in [5.74, 6) is 0.348. The van der Waals surface area contributed by atoms with E-state index in [4.69, 9.17) is 4.74 Å². The van der Waals surface area contributed by atoms with E-state index in [0.29, 0.717) is 24.4 Å². The quantitative estimate of drug-likeness (QED) is 0.636. The van der Waals surface area contributed by atoms with E-state index in [1.165, 1.54) is 0 Å². The summed E-state index contributed by atoms with van der Waals surface area (Å²) in [6, 6.07) is 7.53. The van der Waals surface area contributed by atoms with Gasteiger partial charge in [0, 0.05) is 6.54 Å². The number of aromatic amines is 1. The second-order valence-electron chi connectivity index (χ2n) is 5.50. The van der Waals surface area contributed by atoms with Gasteiger partial charge in [-0.3, -0.25) is 9.89 Å². The Balaban J connectivity index is 1.85. The smallest absolute Gasteiger partial charge is 0.244 e. The number of rotatable bonds is 8. The highest BCUT2D eigenvalue weighted by Gasteiger charge is 2.22. The minimum Gasteiger partial charge on any atom is -0.496 e. The number of nitrogens with one attached hydrogen (secondary N) is 3. The number of H-pyrrole nitrogens is 1. The number of amides is 1. The summed E-state index contributed by atoms with van der Waals surface area (Å²) in [6.07, 6.45) is 0.586. The zero-order chi connectivity index (χ0) is 18.4. The zero-order valence-electron chi connectivity index (χ0n) is 14.4. The van der Waals surface area contributed by atoms with Crippen LogP contribution in [0.5, 0.6) is 5.75 Å². The second-order valence-corrected chi connectivity index (χ2v) is 7.20. The van der Waals surface area contributed by atoms with Crippen LogP contribution in [0.15, 0.2) is 29.2 Å². The summed E-state index contributed by atoms with van der Waals surface area (Å²) in [5, 5.41) is 9.15. The Morgan fingerprint density at radius 1 is 1.28 bits per heavy atom. The van der Waals surface area contributed by atoms with Gasteiger partial charge in [0.1, 0.15) is 10.6 Å². The third-order valence-electron chi connectivity index (χ3n) is 3.66. The first-order chi connectivity index (χ1) is 11.8. The Bertz CT molecular complexity index is 826. The summed E-state index contributed by atoms with van der Waals surface area (Å²) < 4.78 is 32.0. The Kier molecular flexibility index (Phi) is 6.16. The number of carbonyl (C=O) groups is 1. The summed E-state index contributed by atoms with van der Waals surface area (Å²) in [6.45, 7) is 3.25. The molecule has 136 valence electrons. The molecule has 3 N–H and O–H groups in total. The monoisotopic (exact) mass is 366 g/mol. The largest absolute Gasteiger partial charge is 0.496 e. The molecular weight excluding hydrogens is 344 g/mol. The maximum atomic E-state index is 12.3. The van der Waals surface area contributed by atoms with Gasteiger partial charge < -0.3 is 10.1 Å². The van der Waals surface area contributed by atoms with Crippen molar-refractivity contribution in [3.05, 3.63) is 41.2 Å². The normalized spacial score (nSPS) is 11.3. The molecule has 0 saturated carbocycles. The molecule has 2 aromatic rings. The highest BCUT2D eigenvalue weighted by atomic mass is 32.2. The number of benzene rings is 1. The molecule has 0 spiro atoms. The zero-order valence-corrected chi connectivity index (χ0v) is 15.2. The molecule has 8 nitrogen and oxygen atoms in total. The van der Waals surface area contributed by atoms with E-state index in [9.17, 15) is 13.2 Å². The van der Waals surface area contributed by atoms with E-state index in [1.54, 1.807) is 21.0 Å². The highest BCUT2D eigenvalue weighted by molar-refractivity contribution is 7.89. The van der Waals surface area contributed by atoms with Gasteiger partial charge in [-0.1, -0.05) is 18.2 Å². The highest BCUT2D eigenvalue weighted by Crippen LogP contribution is 2.17. The number of nitrogens with zero attached hydrogens (tertiary/aromatic N) is 1. The molecule has 0 radical (unpaired) electrons. The van der Waals surface area contributed by atoms with E-state index in [0.717, 1.165) is 11.3 Å². The molecule has 1 amide bonds. The van der Waals surface area contributed by atoms with Crippen molar-refractivity contribution in [3.8, 4) is 5.75 Å². The molecule has 0 atom stereocenters. The van der Waals surface area contributed by atoms with E-state index >= 15 is 0 Å². The molecule has 0 unspecified atom stereocenters. The SMILES string of the molecule is COc1ccccc1CCNC(=O)CNS(=O)(=O)c1c(C)n[nH]c1C. The predicted molar refractivity (Wildman–Crippen MR) is 93.0 cm³/mol. The van der Waals surface area contributed by atoms with Crippen LogP contribution in [0, 0.1) is 13.8 Å². The third kappa shape index (κ3) is 4.80. The molecule has 1 heterocycles. The lowest BCUT2D eigenvalue weighted by molar-refractivity contribution is -0.119. The van der Waals surface area contributed by atoms with Crippen LogP contribution in [0.25, 0.3) is 0 Å². The van der Waals surface area contributed by atoms with Crippen LogP contribution in [-0.4, -0.2) is 44.7 Å². The van der Waals surface area contributed by atoms with E-state index in [1.807, 2.05) is 24.3 Å². The van der Waals surface area contributed by atoms with Crippen molar-refractivity contribution in [2.24, 2.45) is 0 Å². The van der Waals surface area contributed by atoms with Crippen LogP contribution in [-0.2, 0) is 21.2 Å². The topological polar surface area (TPSA) is 113 Å². The van der Waals surface area contributed by atoms with Crippen molar-refractivity contribution in [2.45, 2.75) is 25.2 Å². The summed E-state index contributed by atoms with van der Waals surface area (Å²) >= 11 is 0. The molecule has 0 aliphatic rings. The van der Waals surface area contributed by atoms with Gasteiger partial charge >= 0.3 is 0 Å². The molecule has 1 aromatic heterocycles. The fourth-order valence-electron chi connectivity index (χ4n) is 2.48. The van der Waals surface area contributed by atoms with E-state index in [2.05, 4.69) is 20.2 Å². The average Bonchev–Trinajstić information content (AvgIpc) is 2.93. The fourth-order valence-corrected chi connectivity index (χ4v) is 3.83. The minimum atomic E-state index is -3.79. The molecule has 0 bridgehead atoms. The van der Waals surface area contributed by atoms with Crippen molar-refractivity contribution in [2.75, 3.05) is 20.2 Å². The second kappa shape index (κ2) is 8.13. The first-order valence-electron chi connectivity index (χ1n) is 7.75. The van der Waals surface area contributed by atoms with Crippen molar-refractivity contribution in [1.29, 1.82) is 0 Å². The maximum Gasteiger partial charge on any atom is 0.244 e. The Morgan fingerprint density at radius 3 is 2.64 bits per heavy atom. The van der Waals surface area contributed by atoms with Crippen molar-refractivity contribution in [3.63, 3.8) is 0 Å². The number of hydrogen-bond acceptors (Lipinski definition) is 5. The van der Waals surface area contributed by atoms with Crippen LogP contribution in [0.4, 0.5) is 0 Å². The number of para-hydroxylation sites is 1. The minimum absolute atomic E-state index is 0.0781. The Morgan fingerprint density at radius 2 is 2.00 bits per heavy atom. The van der Waals surface area contributed by atoms with Gasteiger partial charge in [0.15, 0.2) is 0 Å². The lowest BCUT2D eigenvalue weighted by atomic mass is 10.1. The van der Waals surface area contributed by atoms with Crippen LogP contribution in [0.3, 0.4) is 0 Å². The molecule has 0 aliphatic carbocycles. The van der Waals surface area contributed by atoms with Crippen LogP contribution >= 0.6 is 0 Å². The predicted octanol–water partition coefficient (Wildman–Crippen LogP) is 0.672.